The van der Waals surface area contributed by atoms with Crippen LogP contribution in [0.25, 0.3) is 11.5 Å². The quantitative estimate of drug-likeness (QED) is 0.878. The zero-order chi connectivity index (χ0) is 13.8. The predicted octanol–water partition coefficient (Wildman–Crippen LogP) is 0.902. The number of hydrogen-bond acceptors (Lipinski definition) is 6. The third kappa shape index (κ3) is 3.57. The second-order valence-electron chi connectivity index (χ2n) is 4.38. The van der Waals surface area contributed by atoms with Crippen LogP contribution in [-0.4, -0.2) is 32.3 Å². The highest BCUT2D eigenvalue weighted by atomic mass is 16.5. The fourth-order valence-corrected chi connectivity index (χ4v) is 1.62. The van der Waals surface area contributed by atoms with E-state index in [4.69, 9.17) is 4.52 Å². The van der Waals surface area contributed by atoms with Crippen molar-refractivity contribution < 1.29 is 9.32 Å². The molecule has 0 fully saturated rings. The third-order valence-electron chi connectivity index (χ3n) is 2.43. The molecule has 0 bridgehead atoms. The van der Waals surface area contributed by atoms with Crippen molar-refractivity contribution in [3.8, 4) is 11.5 Å². The summed E-state index contributed by atoms with van der Waals surface area (Å²) in [5.74, 6) is 0.771. The normalized spacial score (nSPS) is 12.2. The molecule has 0 spiro atoms. The fraction of sp³-hybridized carbons (Fsp3) is 0.417. The van der Waals surface area contributed by atoms with E-state index in [9.17, 15) is 4.79 Å². The van der Waals surface area contributed by atoms with Gasteiger partial charge in [-0.05, 0) is 26.0 Å². The lowest BCUT2D eigenvalue weighted by Crippen LogP contribution is -2.32. The van der Waals surface area contributed by atoms with Crippen LogP contribution in [-0.2, 0) is 11.2 Å². The first kappa shape index (κ1) is 13.1. The van der Waals surface area contributed by atoms with E-state index in [0.29, 0.717) is 23.8 Å². The Bertz CT molecular complexity index is 564. The molecule has 19 heavy (non-hydrogen) atoms. The Morgan fingerprint density at radius 1 is 1.42 bits per heavy atom. The SMILES string of the molecule is CC(=O)N[C@H](C)Cc1nc(-c2ccc(C)nn2)no1. The molecule has 100 valence electrons. The molecule has 2 heterocycles. The van der Waals surface area contributed by atoms with Gasteiger partial charge in [0.1, 0.15) is 5.69 Å². The number of aromatic nitrogens is 4. The number of amides is 1. The smallest absolute Gasteiger partial charge is 0.229 e. The van der Waals surface area contributed by atoms with Crippen molar-refractivity contribution >= 4 is 5.91 Å². The maximum atomic E-state index is 10.9. The van der Waals surface area contributed by atoms with Crippen molar-refractivity contribution in [1.29, 1.82) is 0 Å². The summed E-state index contributed by atoms with van der Waals surface area (Å²) in [5.41, 5.74) is 1.39. The minimum Gasteiger partial charge on any atom is -0.353 e. The lowest BCUT2D eigenvalue weighted by atomic mass is 10.2. The molecule has 0 unspecified atom stereocenters. The van der Waals surface area contributed by atoms with Crippen molar-refractivity contribution in [2.45, 2.75) is 33.2 Å². The van der Waals surface area contributed by atoms with Gasteiger partial charge in [-0.2, -0.15) is 10.1 Å². The monoisotopic (exact) mass is 261 g/mol. The number of carbonyl (C=O) groups excluding carboxylic acids is 1. The first-order chi connectivity index (χ1) is 9.04. The highest BCUT2D eigenvalue weighted by Crippen LogP contribution is 2.12. The minimum absolute atomic E-state index is 0.0603. The van der Waals surface area contributed by atoms with E-state index in [1.807, 2.05) is 19.9 Å². The Morgan fingerprint density at radius 2 is 2.21 bits per heavy atom. The van der Waals surface area contributed by atoms with E-state index in [-0.39, 0.29) is 11.9 Å². The van der Waals surface area contributed by atoms with Gasteiger partial charge >= 0.3 is 0 Å². The first-order valence-corrected chi connectivity index (χ1v) is 5.95. The summed E-state index contributed by atoms with van der Waals surface area (Å²) in [4.78, 5) is 15.1. The van der Waals surface area contributed by atoms with Crippen LogP contribution in [0.3, 0.4) is 0 Å². The van der Waals surface area contributed by atoms with Crippen LogP contribution in [0.15, 0.2) is 16.7 Å². The van der Waals surface area contributed by atoms with Crippen LogP contribution in [0.1, 0.15) is 25.4 Å². The molecule has 0 aliphatic heterocycles. The molecule has 7 heteroatoms. The van der Waals surface area contributed by atoms with Crippen molar-refractivity contribution in [3.63, 3.8) is 0 Å². The second kappa shape index (κ2) is 5.55. The summed E-state index contributed by atoms with van der Waals surface area (Å²) in [5, 5.41) is 14.5. The molecule has 1 N–H and O–H groups in total. The largest absolute Gasteiger partial charge is 0.353 e. The Labute approximate surface area is 110 Å². The van der Waals surface area contributed by atoms with Crippen LogP contribution >= 0.6 is 0 Å². The standard InChI is InChI=1S/C12H15N5O2/c1-7-4-5-10(16-15-7)12-14-11(19-17-12)6-8(2)13-9(3)18/h4-5,8H,6H2,1-3H3,(H,13,18)/t8-/m1/s1. The average molecular weight is 261 g/mol. The minimum atomic E-state index is -0.0864. The Kier molecular flexibility index (Phi) is 3.84. The van der Waals surface area contributed by atoms with Gasteiger partial charge in [0.05, 0.1) is 5.69 Å². The fourth-order valence-electron chi connectivity index (χ4n) is 1.62. The van der Waals surface area contributed by atoms with Gasteiger partial charge in [0.15, 0.2) is 0 Å². The van der Waals surface area contributed by atoms with E-state index in [0.717, 1.165) is 5.69 Å². The Hall–Kier alpha value is -2.31. The van der Waals surface area contributed by atoms with Gasteiger partial charge in [-0.25, -0.2) is 0 Å². The third-order valence-corrected chi connectivity index (χ3v) is 2.43. The summed E-state index contributed by atoms with van der Waals surface area (Å²) >= 11 is 0. The molecule has 0 aromatic carbocycles. The summed E-state index contributed by atoms with van der Waals surface area (Å²) in [6.45, 7) is 5.20. The van der Waals surface area contributed by atoms with E-state index in [2.05, 4.69) is 25.7 Å². The molecule has 0 saturated carbocycles. The molecule has 0 saturated heterocycles. The molecule has 2 aromatic heterocycles. The van der Waals surface area contributed by atoms with E-state index < -0.39 is 0 Å². The molecule has 7 nitrogen and oxygen atoms in total. The highest BCUT2D eigenvalue weighted by Gasteiger charge is 2.13. The number of aryl methyl sites for hydroxylation is 1. The highest BCUT2D eigenvalue weighted by molar-refractivity contribution is 5.73. The molecule has 0 aliphatic carbocycles. The van der Waals surface area contributed by atoms with Crippen LogP contribution in [0.4, 0.5) is 0 Å². The molecular formula is C12H15N5O2. The first-order valence-electron chi connectivity index (χ1n) is 5.95. The van der Waals surface area contributed by atoms with Gasteiger partial charge in [-0.3, -0.25) is 4.79 Å². The number of rotatable bonds is 4. The van der Waals surface area contributed by atoms with Crippen LogP contribution in [0, 0.1) is 6.92 Å². The van der Waals surface area contributed by atoms with Crippen molar-refractivity contribution in [2.75, 3.05) is 0 Å². The van der Waals surface area contributed by atoms with Crippen molar-refractivity contribution in [3.05, 3.63) is 23.7 Å². The maximum absolute atomic E-state index is 10.9. The summed E-state index contributed by atoms with van der Waals surface area (Å²) in [6.07, 6.45) is 0.478. The van der Waals surface area contributed by atoms with Crippen LogP contribution in [0.2, 0.25) is 0 Å². The molecule has 1 amide bonds. The topological polar surface area (TPSA) is 93.8 Å². The zero-order valence-corrected chi connectivity index (χ0v) is 11.0. The van der Waals surface area contributed by atoms with Crippen LogP contribution in [0.5, 0.6) is 0 Å². The summed E-state index contributed by atoms with van der Waals surface area (Å²) in [6, 6.07) is 3.56. The summed E-state index contributed by atoms with van der Waals surface area (Å²) < 4.78 is 5.12. The molecule has 1 atom stereocenters. The molecule has 2 aromatic rings. The van der Waals surface area contributed by atoms with Gasteiger partial charge in [0.25, 0.3) is 0 Å². The van der Waals surface area contributed by atoms with Gasteiger partial charge in [-0.1, -0.05) is 5.16 Å². The second-order valence-corrected chi connectivity index (χ2v) is 4.38. The Balaban J connectivity index is 2.06. The molecule has 0 aliphatic rings. The lowest BCUT2D eigenvalue weighted by molar-refractivity contribution is -0.119. The molecular weight excluding hydrogens is 246 g/mol. The summed E-state index contributed by atoms with van der Waals surface area (Å²) in [7, 11) is 0. The number of hydrogen-bond donors (Lipinski definition) is 1. The molecule has 2 rings (SSSR count). The number of carbonyl (C=O) groups is 1. The van der Waals surface area contributed by atoms with Crippen molar-refractivity contribution in [2.24, 2.45) is 0 Å². The Morgan fingerprint density at radius 3 is 2.84 bits per heavy atom. The van der Waals surface area contributed by atoms with E-state index >= 15 is 0 Å². The van der Waals surface area contributed by atoms with E-state index in [1.54, 1.807) is 6.07 Å². The average Bonchev–Trinajstić information content (AvgIpc) is 2.77. The van der Waals surface area contributed by atoms with Crippen LogP contribution < -0.4 is 5.32 Å². The van der Waals surface area contributed by atoms with Crippen molar-refractivity contribution in [1.82, 2.24) is 25.7 Å². The van der Waals surface area contributed by atoms with Gasteiger partial charge in [0, 0.05) is 19.4 Å². The number of nitrogens with zero attached hydrogens (tertiary/aromatic N) is 4. The lowest BCUT2D eigenvalue weighted by Gasteiger charge is -2.08. The van der Waals surface area contributed by atoms with Gasteiger partial charge in [0.2, 0.25) is 17.6 Å². The zero-order valence-electron chi connectivity index (χ0n) is 11.0. The van der Waals surface area contributed by atoms with Gasteiger partial charge in [-0.15, -0.1) is 5.10 Å². The van der Waals surface area contributed by atoms with Gasteiger partial charge < -0.3 is 9.84 Å². The molecule has 0 radical (unpaired) electrons. The van der Waals surface area contributed by atoms with E-state index in [1.165, 1.54) is 6.92 Å². The number of nitrogens with one attached hydrogen (secondary N) is 1. The maximum Gasteiger partial charge on any atom is 0.229 e. The predicted molar refractivity (Wildman–Crippen MR) is 67.0 cm³/mol.